The van der Waals surface area contributed by atoms with E-state index in [-0.39, 0.29) is 5.91 Å². The highest BCUT2D eigenvalue weighted by atomic mass is 16.2. The quantitative estimate of drug-likeness (QED) is 0.822. The number of benzene rings is 1. The van der Waals surface area contributed by atoms with Crippen LogP contribution in [0.2, 0.25) is 0 Å². The van der Waals surface area contributed by atoms with E-state index < -0.39 is 0 Å². The molecular formula is C16H22N2O. The maximum atomic E-state index is 11.8. The van der Waals surface area contributed by atoms with Crippen molar-refractivity contribution in [2.45, 2.75) is 25.3 Å². The van der Waals surface area contributed by atoms with Crippen molar-refractivity contribution in [3.05, 3.63) is 48.0 Å². The van der Waals surface area contributed by atoms with E-state index in [1.54, 1.807) is 6.08 Å². The van der Waals surface area contributed by atoms with Crippen molar-refractivity contribution >= 4 is 5.91 Å². The molecule has 19 heavy (non-hydrogen) atoms. The van der Waals surface area contributed by atoms with Crippen LogP contribution in [0.25, 0.3) is 0 Å². The molecule has 1 amide bonds. The monoisotopic (exact) mass is 258 g/mol. The van der Waals surface area contributed by atoms with Gasteiger partial charge in [0.2, 0.25) is 5.91 Å². The SMILES string of the molecule is C=CCNC(=O)CN(C)[C@@H]1CCCc2ccccc21. The summed E-state index contributed by atoms with van der Waals surface area (Å²) < 4.78 is 0. The van der Waals surface area contributed by atoms with E-state index in [1.165, 1.54) is 17.5 Å². The minimum absolute atomic E-state index is 0.0606. The standard InChI is InChI=1S/C16H22N2O/c1-3-11-17-16(19)12-18(2)15-10-6-8-13-7-4-5-9-14(13)15/h3-5,7,9,15H,1,6,8,10-12H2,2H3,(H,17,19)/t15-/m1/s1. The van der Waals surface area contributed by atoms with Crippen LogP contribution in [0.1, 0.15) is 30.0 Å². The van der Waals surface area contributed by atoms with Crippen LogP contribution in [0.15, 0.2) is 36.9 Å². The van der Waals surface area contributed by atoms with Gasteiger partial charge in [0.05, 0.1) is 6.54 Å². The van der Waals surface area contributed by atoms with E-state index in [4.69, 9.17) is 0 Å². The van der Waals surface area contributed by atoms with Gasteiger partial charge in [0.15, 0.2) is 0 Å². The van der Waals surface area contributed by atoms with Crippen molar-refractivity contribution in [3.8, 4) is 0 Å². The number of carbonyl (C=O) groups is 1. The van der Waals surface area contributed by atoms with Crippen LogP contribution >= 0.6 is 0 Å². The van der Waals surface area contributed by atoms with Crippen LogP contribution in [0.3, 0.4) is 0 Å². The number of likely N-dealkylation sites (N-methyl/N-ethyl adjacent to an activating group) is 1. The first-order valence-corrected chi connectivity index (χ1v) is 6.88. The second kappa shape index (κ2) is 6.53. The molecule has 0 heterocycles. The van der Waals surface area contributed by atoms with Gasteiger partial charge in [-0.15, -0.1) is 6.58 Å². The second-order valence-electron chi connectivity index (χ2n) is 5.11. The molecule has 0 unspecified atom stereocenters. The summed E-state index contributed by atoms with van der Waals surface area (Å²) in [5.41, 5.74) is 2.81. The zero-order valence-corrected chi connectivity index (χ0v) is 11.6. The van der Waals surface area contributed by atoms with Gasteiger partial charge in [0.25, 0.3) is 0 Å². The van der Waals surface area contributed by atoms with Gasteiger partial charge < -0.3 is 5.32 Å². The summed E-state index contributed by atoms with van der Waals surface area (Å²) in [5.74, 6) is 0.0606. The average molecular weight is 258 g/mol. The molecule has 0 aromatic heterocycles. The first kappa shape index (κ1) is 13.8. The maximum absolute atomic E-state index is 11.8. The molecule has 0 radical (unpaired) electrons. The fourth-order valence-corrected chi connectivity index (χ4v) is 2.76. The molecular weight excluding hydrogens is 236 g/mol. The first-order valence-electron chi connectivity index (χ1n) is 6.88. The summed E-state index contributed by atoms with van der Waals surface area (Å²) in [7, 11) is 2.03. The van der Waals surface area contributed by atoms with Gasteiger partial charge in [0.1, 0.15) is 0 Å². The lowest BCUT2D eigenvalue weighted by molar-refractivity contribution is -0.122. The molecule has 0 aliphatic heterocycles. The van der Waals surface area contributed by atoms with Crippen molar-refractivity contribution in [1.82, 2.24) is 10.2 Å². The van der Waals surface area contributed by atoms with E-state index in [1.807, 2.05) is 7.05 Å². The minimum Gasteiger partial charge on any atom is -0.352 e. The third kappa shape index (κ3) is 3.44. The topological polar surface area (TPSA) is 32.3 Å². The Labute approximate surface area is 115 Å². The largest absolute Gasteiger partial charge is 0.352 e. The number of aryl methyl sites for hydroxylation is 1. The fraction of sp³-hybridized carbons (Fsp3) is 0.438. The maximum Gasteiger partial charge on any atom is 0.234 e. The van der Waals surface area contributed by atoms with Gasteiger partial charge in [0, 0.05) is 12.6 Å². The molecule has 0 bridgehead atoms. The Hall–Kier alpha value is -1.61. The highest BCUT2D eigenvalue weighted by molar-refractivity contribution is 5.78. The Kier molecular flexibility index (Phi) is 4.74. The number of amides is 1. The Bertz CT molecular complexity index is 456. The van der Waals surface area contributed by atoms with Gasteiger partial charge in [-0.2, -0.15) is 0 Å². The molecule has 1 atom stereocenters. The Morgan fingerprint density at radius 3 is 3.11 bits per heavy atom. The molecule has 1 aliphatic rings. The lowest BCUT2D eigenvalue weighted by Crippen LogP contribution is -2.38. The van der Waals surface area contributed by atoms with Crippen molar-refractivity contribution in [2.24, 2.45) is 0 Å². The number of nitrogens with one attached hydrogen (secondary N) is 1. The lowest BCUT2D eigenvalue weighted by Gasteiger charge is -2.32. The zero-order valence-electron chi connectivity index (χ0n) is 11.6. The normalized spacial score (nSPS) is 17.9. The number of carbonyl (C=O) groups excluding carboxylic acids is 1. The van der Waals surface area contributed by atoms with Crippen LogP contribution in [0.4, 0.5) is 0 Å². The van der Waals surface area contributed by atoms with Crippen molar-refractivity contribution < 1.29 is 4.79 Å². The lowest BCUT2D eigenvalue weighted by atomic mass is 9.87. The molecule has 3 heteroatoms. The van der Waals surface area contributed by atoms with Gasteiger partial charge >= 0.3 is 0 Å². The highest BCUT2D eigenvalue weighted by Crippen LogP contribution is 2.33. The summed E-state index contributed by atoms with van der Waals surface area (Å²) in [6, 6.07) is 8.94. The molecule has 0 fully saturated rings. The Balaban J connectivity index is 2.02. The van der Waals surface area contributed by atoms with Crippen LogP contribution in [0.5, 0.6) is 0 Å². The van der Waals surface area contributed by atoms with Crippen molar-refractivity contribution in [2.75, 3.05) is 20.1 Å². The summed E-state index contributed by atoms with van der Waals surface area (Å²) >= 11 is 0. The van der Waals surface area contributed by atoms with Crippen LogP contribution in [-0.4, -0.2) is 30.9 Å². The summed E-state index contributed by atoms with van der Waals surface area (Å²) in [5, 5.41) is 2.83. The van der Waals surface area contributed by atoms with Gasteiger partial charge in [-0.1, -0.05) is 30.3 Å². The van der Waals surface area contributed by atoms with Crippen molar-refractivity contribution in [1.29, 1.82) is 0 Å². The molecule has 1 aromatic rings. The molecule has 3 nitrogen and oxygen atoms in total. The van der Waals surface area contributed by atoms with Gasteiger partial charge in [-0.25, -0.2) is 0 Å². The number of rotatable bonds is 5. The van der Waals surface area contributed by atoms with E-state index >= 15 is 0 Å². The third-order valence-corrected chi connectivity index (χ3v) is 3.71. The van der Waals surface area contributed by atoms with Crippen molar-refractivity contribution in [3.63, 3.8) is 0 Å². The molecule has 1 aromatic carbocycles. The van der Waals surface area contributed by atoms with E-state index in [9.17, 15) is 4.79 Å². The molecule has 2 rings (SSSR count). The average Bonchev–Trinajstić information content (AvgIpc) is 2.44. The number of nitrogens with zero attached hydrogens (tertiary/aromatic N) is 1. The van der Waals surface area contributed by atoms with Crippen LogP contribution < -0.4 is 5.32 Å². The third-order valence-electron chi connectivity index (χ3n) is 3.71. The molecule has 0 spiro atoms. The predicted octanol–water partition coefficient (Wildman–Crippen LogP) is 2.30. The number of hydrogen-bond acceptors (Lipinski definition) is 2. The molecule has 1 N–H and O–H groups in total. The smallest absolute Gasteiger partial charge is 0.234 e. The molecule has 0 saturated carbocycles. The number of hydrogen-bond donors (Lipinski definition) is 1. The van der Waals surface area contributed by atoms with Crippen LogP contribution in [-0.2, 0) is 11.2 Å². The summed E-state index contributed by atoms with van der Waals surface area (Å²) in [4.78, 5) is 13.9. The second-order valence-corrected chi connectivity index (χ2v) is 5.11. The van der Waals surface area contributed by atoms with E-state index in [0.717, 1.165) is 12.8 Å². The number of fused-ring (bicyclic) bond motifs is 1. The van der Waals surface area contributed by atoms with Gasteiger partial charge in [-0.3, -0.25) is 9.69 Å². The minimum atomic E-state index is 0.0606. The highest BCUT2D eigenvalue weighted by Gasteiger charge is 2.24. The van der Waals surface area contributed by atoms with Crippen LogP contribution in [0, 0.1) is 0 Å². The Morgan fingerprint density at radius 1 is 1.53 bits per heavy atom. The predicted molar refractivity (Wildman–Crippen MR) is 78.0 cm³/mol. The fourth-order valence-electron chi connectivity index (χ4n) is 2.76. The molecule has 102 valence electrons. The zero-order chi connectivity index (χ0) is 13.7. The summed E-state index contributed by atoms with van der Waals surface area (Å²) in [6.45, 7) is 4.58. The van der Waals surface area contributed by atoms with E-state index in [2.05, 4.69) is 41.1 Å². The molecule has 0 saturated heterocycles. The first-order chi connectivity index (χ1) is 9.22. The summed E-state index contributed by atoms with van der Waals surface area (Å²) in [6.07, 6.45) is 5.18. The van der Waals surface area contributed by atoms with E-state index in [0.29, 0.717) is 19.1 Å². The van der Waals surface area contributed by atoms with Gasteiger partial charge in [-0.05, 0) is 37.4 Å². The Morgan fingerprint density at radius 2 is 2.32 bits per heavy atom. The molecule has 1 aliphatic carbocycles.